The molecule has 0 saturated heterocycles. The fourth-order valence-electron chi connectivity index (χ4n) is 1.65. The Morgan fingerprint density at radius 3 is 2.61 bits per heavy atom. The van der Waals surface area contributed by atoms with Crippen molar-refractivity contribution in [3.05, 3.63) is 35.3 Å². The molecule has 0 aliphatic carbocycles. The molecule has 2 aromatic rings. The van der Waals surface area contributed by atoms with E-state index in [0.29, 0.717) is 0 Å². The molecule has 0 bridgehead atoms. The van der Waals surface area contributed by atoms with Gasteiger partial charge in [-0.3, -0.25) is 0 Å². The topological polar surface area (TPSA) is 34.2 Å². The van der Waals surface area contributed by atoms with Crippen LogP contribution in [0.4, 0.5) is 0 Å². The smallest absolute Gasteiger partial charge is 0.123 e. The van der Waals surface area contributed by atoms with Gasteiger partial charge in [0.1, 0.15) is 10.8 Å². The molecule has 1 heterocycles. The van der Waals surface area contributed by atoms with Crippen LogP contribution in [0.2, 0.25) is 0 Å². The second-order valence-corrected chi connectivity index (χ2v) is 5.47. The van der Waals surface area contributed by atoms with E-state index in [2.05, 4.69) is 22.4 Å². The molecule has 0 aliphatic heterocycles. The molecule has 1 aromatic carbocycles. The van der Waals surface area contributed by atoms with E-state index in [0.717, 1.165) is 22.9 Å². The van der Waals surface area contributed by atoms with Gasteiger partial charge in [-0.2, -0.15) is 0 Å². The molecule has 96 valence electrons. The lowest BCUT2D eigenvalue weighted by Gasteiger charge is -2.09. The van der Waals surface area contributed by atoms with E-state index in [1.807, 2.05) is 39.2 Å². The predicted molar refractivity (Wildman–Crippen MR) is 76.1 cm³/mol. The van der Waals surface area contributed by atoms with Crippen LogP contribution in [0.15, 0.2) is 30.5 Å². The summed E-state index contributed by atoms with van der Waals surface area (Å²) in [6.07, 6.45) is 2.13. The zero-order chi connectivity index (χ0) is 13.0. The maximum absolute atomic E-state index is 5.62. The number of nitrogens with zero attached hydrogens (tertiary/aromatic N) is 1. The lowest BCUT2D eigenvalue weighted by molar-refractivity contribution is 0.242. The minimum absolute atomic E-state index is 0.206. The van der Waals surface area contributed by atoms with Crippen molar-refractivity contribution in [3.63, 3.8) is 0 Å². The van der Waals surface area contributed by atoms with Crippen molar-refractivity contribution >= 4 is 11.3 Å². The Morgan fingerprint density at radius 2 is 2.00 bits per heavy atom. The van der Waals surface area contributed by atoms with Gasteiger partial charge >= 0.3 is 0 Å². The van der Waals surface area contributed by atoms with Crippen molar-refractivity contribution in [2.45, 2.75) is 26.5 Å². The summed E-state index contributed by atoms with van der Waals surface area (Å²) in [4.78, 5) is 5.68. The van der Waals surface area contributed by atoms with Crippen molar-refractivity contribution in [1.82, 2.24) is 10.3 Å². The van der Waals surface area contributed by atoms with Crippen molar-refractivity contribution < 1.29 is 4.74 Å². The number of rotatable bonds is 5. The van der Waals surface area contributed by atoms with Crippen molar-refractivity contribution in [3.8, 4) is 16.3 Å². The molecule has 0 atom stereocenters. The number of benzene rings is 1. The Balaban J connectivity index is 2.12. The van der Waals surface area contributed by atoms with Crippen LogP contribution < -0.4 is 10.1 Å². The largest absolute Gasteiger partial charge is 0.491 e. The lowest BCUT2D eigenvalue weighted by atomic mass is 10.2. The molecule has 4 heteroatoms. The number of nitrogens with one attached hydrogen (secondary N) is 1. The number of hydrogen-bond donors (Lipinski definition) is 1. The summed E-state index contributed by atoms with van der Waals surface area (Å²) in [7, 11) is 1.94. The van der Waals surface area contributed by atoms with E-state index in [4.69, 9.17) is 4.74 Å². The first-order chi connectivity index (χ1) is 8.69. The van der Waals surface area contributed by atoms with Crippen LogP contribution in [-0.4, -0.2) is 18.1 Å². The van der Waals surface area contributed by atoms with Crippen molar-refractivity contribution in [1.29, 1.82) is 0 Å². The van der Waals surface area contributed by atoms with Crippen LogP contribution in [-0.2, 0) is 6.54 Å². The Labute approximate surface area is 112 Å². The summed E-state index contributed by atoms with van der Waals surface area (Å²) in [6.45, 7) is 4.92. The fourth-order valence-corrected chi connectivity index (χ4v) is 2.57. The second-order valence-electron chi connectivity index (χ2n) is 4.35. The number of ether oxygens (including phenoxy) is 1. The third kappa shape index (κ3) is 3.31. The summed E-state index contributed by atoms with van der Waals surface area (Å²) < 4.78 is 5.62. The molecule has 0 radical (unpaired) electrons. The van der Waals surface area contributed by atoms with Gasteiger partial charge in [0.25, 0.3) is 0 Å². The van der Waals surface area contributed by atoms with Crippen molar-refractivity contribution in [2.24, 2.45) is 0 Å². The predicted octanol–water partition coefficient (Wildman–Crippen LogP) is 3.32. The van der Waals surface area contributed by atoms with Gasteiger partial charge in [0.15, 0.2) is 0 Å². The van der Waals surface area contributed by atoms with E-state index < -0.39 is 0 Å². The molecule has 1 aromatic heterocycles. The van der Waals surface area contributed by atoms with E-state index in [1.54, 1.807) is 11.3 Å². The van der Waals surface area contributed by atoms with Crippen LogP contribution in [0, 0.1) is 0 Å². The molecule has 18 heavy (non-hydrogen) atoms. The SMILES string of the molecule is CNCc1cnc(-c2ccc(OC(C)C)cc2)s1. The molecule has 0 aliphatic rings. The highest BCUT2D eigenvalue weighted by Gasteiger charge is 2.05. The molecule has 0 fully saturated rings. The molecule has 0 unspecified atom stereocenters. The Kier molecular flexibility index (Phi) is 4.33. The molecular formula is C14H18N2OS. The van der Waals surface area contributed by atoms with Gasteiger partial charge in [0.05, 0.1) is 6.10 Å². The van der Waals surface area contributed by atoms with E-state index in [9.17, 15) is 0 Å². The van der Waals surface area contributed by atoms with Crippen LogP contribution in [0.25, 0.3) is 10.6 Å². The summed E-state index contributed by atoms with van der Waals surface area (Å²) in [5.74, 6) is 0.903. The first-order valence-corrected chi connectivity index (χ1v) is 6.87. The fraction of sp³-hybridized carbons (Fsp3) is 0.357. The van der Waals surface area contributed by atoms with Gasteiger partial charge in [0.2, 0.25) is 0 Å². The normalized spacial score (nSPS) is 10.9. The number of thiazole rings is 1. The number of hydrogen-bond acceptors (Lipinski definition) is 4. The van der Waals surface area contributed by atoms with Gasteiger partial charge in [0, 0.05) is 23.2 Å². The minimum Gasteiger partial charge on any atom is -0.491 e. The summed E-state index contributed by atoms with van der Waals surface area (Å²) in [5.41, 5.74) is 1.14. The van der Waals surface area contributed by atoms with Crippen LogP contribution >= 0.6 is 11.3 Å². The molecule has 0 amide bonds. The van der Waals surface area contributed by atoms with Gasteiger partial charge in [-0.05, 0) is 45.2 Å². The molecule has 2 rings (SSSR count). The summed E-state index contributed by atoms with van der Waals surface area (Å²) >= 11 is 1.72. The zero-order valence-corrected chi connectivity index (χ0v) is 11.8. The second kappa shape index (κ2) is 5.98. The molecule has 1 N–H and O–H groups in total. The Morgan fingerprint density at radius 1 is 1.28 bits per heavy atom. The maximum atomic E-state index is 5.62. The Hall–Kier alpha value is -1.39. The van der Waals surface area contributed by atoms with E-state index in [-0.39, 0.29) is 6.10 Å². The van der Waals surface area contributed by atoms with Crippen LogP contribution in [0.3, 0.4) is 0 Å². The monoisotopic (exact) mass is 262 g/mol. The van der Waals surface area contributed by atoms with Gasteiger partial charge in [-0.15, -0.1) is 11.3 Å². The quantitative estimate of drug-likeness (QED) is 0.897. The van der Waals surface area contributed by atoms with Gasteiger partial charge in [-0.1, -0.05) is 0 Å². The molecule has 0 saturated carbocycles. The zero-order valence-electron chi connectivity index (χ0n) is 10.9. The average Bonchev–Trinajstić information content (AvgIpc) is 2.78. The van der Waals surface area contributed by atoms with Crippen molar-refractivity contribution in [2.75, 3.05) is 7.05 Å². The molecule has 3 nitrogen and oxygen atoms in total. The maximum Gasteiger partial charge on any atom is 0.123 e. The highest BCUT2D eigenvalue weighted by molar-refractivity contribution is 7.15. The first kappa shape index (κ1) is 13.1. The minimum atomic E-state index is 0.206. The van der Waals surface area contributed by atoms with E-state index in [1.165, 1.54) is 4.88 Å². The van der Waals surface area contributed by atoms with Gasteiger partial charge in [-0.25, -0.2) is 4.98 Å². The third-order valence-electron chi connectivity index (χ3n) is 2.38. The first-order valence-electron chi connectivity index (χ1n) is 6.05. The van der Waals surface area contributed by atoms with Crippen LogP contribution in [0.5, 0.6) is 5.75 Å². The molecule has 0 spiro atoms. The van der Waals surface area contributed by atoms with Crippen LogP contribution in [0.1, 0.15) is 18.7 Å². The standard InChI is InChI=1S/C14H18N2OS/c1-10(2)17-12-6-4-11(5-7-12)14-16-9-13(18-14)8-15-3/h4-7,9-10,15H,8H2,1-3H3. The highest BCUT2D eigenvalue weighted by Crippen LogP contribution is 2.27. The van der Waals surface area contributed by atoms with E-state index >= 15 is 0 Å². The molecular weight excluding hydrogens is 244 g/mol. The highest BCUT2D eigenvalue weighted by atomic mass is 32.1. The lowest BCUT2D eigenvalue weighted by Crippen LogP contribution is -2.05. The number of aromatic nitrogens is 1. The van der Waals surface area contributed by atoms with Gasteiger partial charge < -0.3 is 10.1 Å². The summed E-state index contributed by atoms with van der Waals surface area (Å²) in [5, 5.41) is 4.18. The summed E-state index contributed by atoms with van der Waals surface area (Å²) in [6, 6.07) is 8.10. The third-order valence-corrected chi connectivity index (χ3v) is 3.42. The Bertz CT molecular complexity index is 491. The average molecular weight is 262 g/mol.